The number of H-pyrrole nitrogens is 1. The average molecular weight is 283 g/mol. The van der Waals surface area contributed by atoms with Gasteiger partial charge in [-0.2, -0.15) is 0 Å². The maximum atomic E-state index is 12.7. The van der Waals surface area contributed by atoms with Crippen LogP contribution < -0.4 is 5.32 Å². The molecule has 1 amide bonds. The number of aromatic nitrogens is 1. The first-order valence-corrected chi connectivity index (χ1v) is 7.88. The minimum Gasteiger partial charge on any atom is -0.361 e. The molecule has 2 unspecified atom stereocenters. The fourth-order valence-corrected chi connectivity index (χ4v) is 3.92. The molecule has 2 aliphatic heterocycles. The Labute approximate surface area is 124 Å². The second-order valence-electron chi connectivity index (χ2n) is 6.25. The third-order valence-electron chi connectivity index (χ3n) is 5.02. The summed E-state index contributed by atoms with van der Waals surface area (Å²) in [6, 6.07) is 8.61. The van der Waals surface area contributed by atoms with Gasteiger partial charge in [-0.15, -0.1) is 0 Å². The zero-order valence-corrected chi connectivity index (χ0v) is 12.1. The third kappa shape index (κ3) is 2.23. The van der Waals surface area contributed by atoms with Crippen molar-refractivity contribution in [1.29, 1.82) is 0 Å². The smallest absolute Gasteiger partial charge is 0.227 e. The van der Waals surface area contributed by atoms with E-state index in [2.05, 4.69) is 27.3 Å². The summed E-state index contributed by atoms with van der Waals surface area (Å²) in [5.41, 5.74) is 2.23. The Kier molecular flexibility index (Phi) is 3.19. The fourth-order valence-electron chi connectivity index (χ4n) is 3.92. The molecule has 1 aromatic carbocycles. The minimum absolute atomic E-state index is 0.276. The van der Waals surface area contributed by atoms with Gasteiger partial charge in [-0.25, -0.2) is 0 Å². The molecule has 110 valence electrons. The van der Waals surface area contributed by atoms with Gasteiger partial charge >= 0.3 is 0 Å². The largest absolute Gasteiger partial charge is 0.361 e. The first-order valence-electron chi connectivity index (χ1n) is 7.88. The van der Waals surface area contributed by atoms with Crippen LogP contribution in [-0.2, 0) is 11.2 Å². The summed E-state index contributed by atoms with van der Waals surface area (Å²) in [6.45, 7) is 2.95. The number of amides is 1. The first-order chi connectivity index (χ1) is 10.3. The molecule has 21 heavy (non-hydrogen) atoms. The Hall–Kier alpha value is -1.81. The number of rotatable bonds is 2. The molecule has 2 aliphatic rings. The van der Waals surface area contributed by atoms with E-state index in [1.54, 1.807) is 0 Å². The monoisotopic (exact) mass is 283 g/mol. The van der Waals surface area contributed by atoms with E-state index in [1.807, 2.05) is 18.3 Å². The highest BCUT2D eigenvalue weighted by atomic mass is 16.2. The Morgan fingerprint density at radius 2 is 2.19 bits per heavy atom. The van der Waals surface area contributed by atoms with Crippen molar-refractivity contribution >= 4 is 16.8 Å². The summed E-state index contributed by atoms with van der Waals surface area (Å²) < 4.78 is 0. The number of benzene rings is 1. The van der Waals surface area contributed by atoms with E-state index in [9.17, 15) is 4.79 Å². The summed E-state index contributed by atoms with van der Waals surface area (Å²) in [5.74, 6) is 0.934. The number of nitrogens with zero attached hydrogens (tertiary/aromatic N) is 1. The molecule has 0 aliphatic carbocycles. The van der Waals surface area contributed by atoms with Crippen molar-refractivity contribution in [3.8, 4) is 0 Å². The number of carbonyl (C=O) groups is 1. The third-order valence-corrected chi connectivity index (χ3v) is 5.02. The lowest BCUT2D eigenvalue weighted by Gasteiger charge is -2.37. The van der Waals surface area contributed by atoms with Crippen molar-refractivity contribution in [2.45, 2.75) is 25.3 Å². The summed E-state index contributed by atoms with van der Waals surface area (Å²) in [7, 11) is 0. The van der Waals surface area contributed by atoms with Crippen molar-refractivity contribution in [3.05, 3.63) is 36.0 Å². The minimum atomic E-state index is 0.276. The fraction of sp³-hybridized carbons (Fsp3) is 0.471. The van der Waals surface area contributed by atoms with E-state index < -0.39 is 0 Å². The zero-order valence-electron chi connectivity index (χ0n) is 12.1. The zero-order chi connectivity index (χ0) is 14.2. The van der Waals surface area contributed by atoms with E-state index in [4.69, 9.17) is 0 Å². The molecule has 1 aromatic heterocycles. The molecule has 2 N–H and O–H groups in total. The number of likely N-dealkylation sites (tertiary alicyclic amines) is 1. The van der Waals surface area contributed by atoms with Gasteiger partial charge in [-0.3, -0.25) is 4.79 Å². The van der Waals surface area contributed by atoms with Crippen LogP contribution in [0.2, 0.25) is 0 Å². The van der Waals surface area contributed by atoms with Crippen LogP contribution in [0.3, 0.4) is 0 Å². The maximum absolute atomic E-state index is 12.7. The number of aromatic amines is 1. The average Bonchev–Trinajstić information content (AvgIpc) is 3.14. The van der Waals surface area contributed by atoms with Gasteiger partial charge in [0.15, 0.2) is 0 Å². The van der Waals surface area contributed by atoms with Gasteiger partial charge in [-0.05, 0) is 30.4 Å². The van der Waals surface area contributed by atoms with E-state index in [-0.39, 0.29) is 5.91 Å². The lowest BCUT2D eigenvalue weighted by molar-refractivity contribution is -0.134. The molecule has 0 saturated carbocycles. The van der Waals surface area contributed by atoms with E-state index in [1.165, 1.54) is 11.8 Å². The van der Waals surface area contributed by atoms with Crippen molar-refractivity contribution in [2.75, 3.05) is 19.6 Å². The van der Waals surface area contributed by atoms with Crippen molar-refractivity contribution < 1.29 is 4.79 Å². The van der Waals surface area contributed by atoms with Gasteiger partial charge < -0.3 is 15.2 Å². The molecule has 4 nitrogen and oxygen atoms in total. The lowest BCUT2D eigenvalue weighted by Crippen LogP contribution is -2.48. The van der Waals surface area contributed by atoms with E-state index in [0.29, 0.717) is 18.4 Å². The Bertz CT molecular complexity index is 663. The molecule has 0 bridgehead atoms. The Morgan fingerprint density at radius 1 is 1.29 bits per heavy atom. The molecule has 4 heteroatoms. The summed E-state index contributed by atoms with van der Waals surface area (Å²) >= 11 is 0. The van der Waals surface area contributed by atoms with Crippen LogP contribution in [0.25, 0.3) is 10.9 Å². The van der Waals surface area contributed by atoms with Crippen LogP contribution >= 0.6 is 0 Å². The predicted molar refractivity (Wildman–Crippen MR) is 83.1 cm³/mol. The molecule has 0 radical (unpaired) electrons. The molecule has 2 atom stereocenters. The highest BCUT2D eigenvalue weighted by Gasteiger charge is 2.37. The number of nitrogens with one attached hydrogen (secondary N) is 2. The van der Waals surface area contributed by atoms with Crippen molar-refractivity contribution in [1.82, 2.24) is 15.2 Å². The van der Waals surface area contributed by atoms with Gasteiger partial charge in [0.25, 0.3) is 0 Å². The van der Waals surface area contributed by atoms with Crippen LogP contribution in [0.15, 0.2) is 30.5 Å². The molecular weight excluding hydrogens is 262 g/mol. The van der Waals surface area contributed by atoms with Crippen LogP contribution in [0.1, 0.15) is 18.4 Å². The van der Waals surface area contributed by atoms with Crippen LogP contribution in [-0.4, -0.2) is 41.5 Å². The standard InChI is InChI=1S/C17H21N3O/c21-17(20-7-3-4-12-9-18-11-16(12)20)8-13-10-19-15-6-2-1-5-14(13)15/h1-2,5-6,10,12,16,18-19H,3-4,7-9,11H2. The summed E-state index contributed by atoms with van der Waals surface area (Å²) in [5, 5.41) is 4.61. The van der Waals surface area contributed by atoms with Crippen molar-refractivity contribution in [3.63, 3.8) is 0 Å². The molecular formula is C17H21N3O. The quantitative estimate of drug-likeness (QED) is 0.884. The normalized spacial score (nSPS) is 25.2. The highest BCUT2D eigenvalue weighted by Crippen LogP contribution is 2.27. The molecule has 2 aromatic rings. The number of piperidine rings is 1. The maximum Gasteiger partial charge on any atom is 0.227 e. The van der Waals surface area contributed by atoms with Gasteiger partial charge in [0, 0.05) is 42.8 Å². The molecule has 4 rings (SSSR count). The lowest BCUT2D eigenvalue weighted by atomic mass is 9.91. The number of fused-ring (bicyclic) bond motifs is 2. The van der Waals surface area contributed by atoms with E-state index in [0.717, 1.165) is 37.1 Å². The molecule has 0 spiro atoms. The summed E-state index contributed by atoms with van der Waals surface area (Å²) in [6.07, 6.45) is 4.89. The van der Waals surface area contributed by atoms with Crippen LogP contribution in [0.5, 0.6) is 0 Å². The SMILES string of the molecule is O=C(Cc1c[nH]c2ccccc12)N1CCCC2CNCC21. The van der Waals surface area contributed by atoms with Crippen LogP contribution in [0.4, 0.5) is 0 Å². The van der Waals surface area contributed by atoms with Gasteiger partial charge in [0.1, 0.15) is 0 Å². The number of hydrogen-bond donors (Lipinski definition) is 2. The molecule has 2 saturated heterocycles. The highest BCUT2D eigenvalue weighted by molar-refractivity contribution is 5.89. The predicted octanol–water partition coefficient (Wildman–Crippen LogP) is 1.92. The van der Waals surface area contributed by atoms with Gasteiger partial charge in [-0.1, -0.05) is 18.2 Å². The van der Waals surface area contributed by atoms with Gasteiger partial charge in [0.05, 0.1) is 6.42 Å². The molecule has 2 fully saturated rings. The Morgan fingerprint density at radius 3 is 3.14 bits per heavy atom. The second-order valence-corrected chi connectivity index (χ2v) is 6.25. The molecule has 3 heterocycles. The number of hydrogen-bond acceptors (Lipinski definition) is 2. The van der Waals surface area contributed by atoms with Crippen LogP contribution in [0, 0.1) is 5.92 Å². The van der Waals surface area contributed by atoms with E-state index >= 15 is 0 Å². The Balaban J connectivity index is 1.55. The summed E-state index contributed by atoms with van der Waals surface area (Å²) in [4.78, 5) is 18.1. The van der Waals surface area contributed by atoms with Gasteiger partial charge in [0.2, 0.25) is 5.91 Å². The van der Waals surface area contributed by atoms with Crippen molar-refractivity contribution in [2.24, 2.45) is 5.92 Å². The number of carbonyl (C=O) groups excluding carboxylic acids is 1. The second kappa shape index (κ2) is 5.19. The topological polar surface area (TPSA) is 48.1 Å². The first kappa shape index (κ1) is 12.9. The number of para-hydroxylation sites is 1.